The molecular weight excluding hydrogens is 186 g/mol. The van der Waals surface area contributed by atoms with Gasteiger partial charge in [0.15, 0.2) is 0 Å². The van der Waals surface area contributed by atoms with E-state index in [0.29, 0.717) is 0 Å². The molecule has 0 spiro atoms. The van der Waals surface area contributed by atoms with Crippen LogP contribution in [0.15, 0.2) is 60.7 Å². The highest BCUT2D eigenvalue weighted by atomic mass is 16.3. The third kappa shape index (κ3) is 2.17. The zero-order valence-electron chi connectivity index (χ0n) is 8.38. The van der Waals surface area contributed by atoms with Gasteiger partial charge >= 0.3 is 0 Å². The number of hydrogen-bond acceptors (Lipinski definition) is 2. The quantitative estimate of drug-likeness (QED) is 0.768. The summed E-state index contributed by atoms with van der Waals surface area (Å²) < 4.78 is 0. The number of aliphatic hydroxyl groups is 1. The maximum atomic E-state index is 9.36. The van der Waals surface area contributed by atoms with Crippen LogP contribution >= 0.6 is 0 Å². The molecule has 0 atom stereocenters. The summed E-state index contributed by atoms with van der Waals surface area (Å²) in [7, 11) is 0. The van der Waals surface area contributed by atoms with Crippen molar-refractivity contribution in [2.24, 2.45) is 0 Å². The molecule has 0 aliphatic carbocycles. The number of hydrogen-bond donors (Lipinski definition) is 1. The van der Waals surface area contributed by atoms with Crippen LogP contribution in [0.2, 0.25) is 0 Å². The Balaban J connectivity index is 2.34. The van der Waals surface area contributed by atoms with E-state index in [2.05, 4.69) is 0 Å². The maximum absolute atomic E-state index is 9.36. The number of aliphatic hydroxyl groups excluding tert-OH is 1. The fourth-order valence-corrected chi connectivity index (χ4v) is 1.53. The molecular formula is C13H13NO. The average molecular weight is 199 g/mol. The molecule has 76 valence electrons. The Morgan fingerprint density at radius 2 is 1.13 bits per heavy atom. The van der Waals surface area contributed by atoms with E-state index in [0.717, 1.165) is 11.4 Å². The highest BCUT2D eigenvalue weighted by molar-refractivity contribution is 5.62. The first-order chi connectivity index (χ1) is 7.42. The van der Waals surface area contributed by atoms with Crippen LogP contribution in [0.1, 0.15) is 0 Å². The molecule has 2 aromatic carbocycles. The van der Waals surface area contributed by atoms with Crippen molar-refractivity contribution in [2.45, 2.75) is 0 Å². The minimum atomic E-state index is -0.0198. The zero-order chi connectivity index (χ0) is 10.5. The predicted octanol–water partition coefficient (Wildman–Crippen LogP) is 2.77. The van der Waals surface area contributed by atoms with Crippen molar-refractivity contribution in [3.8, 4) is 0 Å². The second-order valence-electron chi connectivity index (χ2n) is 3.24. The van der Waals surface area contributed by atoms with Gasteiger partial charge in [0.25, 0.3) is 0 Å². The average Bonchev–Trinajstić information content (AvgIpc) is 2.33. The minimum absolute atomic E-state index is 0.0198. The molecule has 0 heterocycles. The lowest BCUT2D eigenvalue weighted by molar-refractivity contribution is 0.304. The lowest BCUT2D eigenvalue weighted by Gasteiger charge is -2.21. The zero-order valence-corrected chi connectivity index (χ0v) is 8.38. The summed E-state index contributed by atoms with van der Waals surface area (Å²) in [4.78, 5) is 1.85. The molecule has 15 heavy (non-hydrogen) atoms. The number of nitrogens with zero attached hydrogens (tertiary/aromatic N) is 1. The highest BCUT2D eigenvalue weighted by Crippen LogP contribution is 2.23. The van der Waals surface area contributed by atoms with Gasteiger partial charge in [-0.3, -0.25) is 0 Å². The SMILES string of the molecule is OCN(c1ccccc1)c1ccccc1. The van der Waals surface area contributed by atoms with E-state index in [9.17, 15) is 5.11 Å². The van der Waals surface area contributed by atoms with E-state index in [-0.39, 0.29) is 6.73 Å². The summed E-state index contributed by atoms with van der Waals surface area (Å²) in [6.45, 7) is -0.0198. The third-order valence-corrected chi connectivity index (χ3v) is 2.28. The molecule has 0 aliphatic heterocycles. The topological polar surface area (TPSA) is 23.5 Å². The number of benzene rings is 2. The van der Waals surface area contributed by atoms with Crippen molar-refractivity contribution < 1.29 is 5.11 Å². The Bertz CT molecular complexity index is 360. The summed E-state index contributed by atoms with van der Waals surface area (Å²) in [6.07, 6.45) is 0. The molecule has 0 saturated carbocycles. The largest absolute Gasteiger partial charge is 0.376 e. The van der Waals surface area contributed by atoms with Crippen molar-refractivity contribution >= 4 is 11.4 Å². The minimum Gasteiger partial charge on any atom is -0.376 e. The summed E-state index contributed by atoms with van der Waals surface area (Å²) in [5, 5.41) is 9.36. The monoisotopic (exact) mass is 199 g/mol. The van der Waals surface area contributed by atoms with Gasteiger partial charge in [-0.05, 0) is 24.3 Å². The molecule has 0 radical (unpaired) electrons. The van der Waals surface area contributed by atoms with Crippen molar-refractivity contribution in [1.82, 2.24) is 0 Å². The van der Waals surface area contributed by atoms with Gasteiger partial charge in [0.05, 0.1) is 0 Å². The van der Waals surface area contributed by atoms with Crippen molar-refractivity contribution in [3.63, 3.8) is 0 Å². The van der Waals surface area contributed by atoms with Crippen LogP contribution in [0.3, 0.4) is 0 Å². The van der Waals surface area contributed by atoms with E-state index < -0.39 is 0 Å². The Morgan fingerprint density at radius 3 is 1.47 bits per heavy atom. The Hall–Kier alpha value is -1.80. The summed E-state index contributed by atoms with van der Waals surface area (Å²) >= 11 is 0. The molecule has 0 bridgehead atoms. The predicted molar refractivity (Wildman–Crippen MR) is 62.1 cm³/mol. The molecule has 2 aromatic rings. The molecule has 0 aliphatic rings. The normalized spacial score (nSPS) is 9.93. The van der Waals surface area contributed by atoms with Crippen molar-refractivity contribution in [3.05, 3.63) is 60.7 Å². The Morgan fingerprint density at radius 1 is 0.733 bits per heavy atom. The van der Waals surface area contributed by atoms with Crippen molar-refractivity contribution in [1.29, 1.82) is 0 Å². The van der Waals surface area contributed by atoms with Crippen LogP contribution in [-0.4, -0.2) is 11.8 Å². The van der Waals surface area contributed by atoms with Gasteiger partial charge in [-0.25, -0.2) is 0 Å². The molecule has 2 rings (SSSR count). The van der Waals surface area contributed by atoms with Crippen LogP contribution in [0, 0.1) is 0 Å². The van der Waals surface area contributed by atoms with E-state index >= 15 is 0 Å². The van der Waals surface area contributed by atoms with Crippen LogP contribution in [0.5, 0.6) is 0 Å². The van der Waals surface area contributed by atoms with Crippen molar-refractivity contribution in [2.75, 3.05) is 11.6 Å². The van der Waals surface area contributed by atoms with Gasteiger partial charge in [0, 0.05) is 11.4 Å². The summed E-state index contributed by atoms with van der Waals surface area (Å²) in [6, 6.07) is 19.7. The van der Waals surface area contributed by atoms with E-state index in [4.69, 9.17) is 0 Å². The van der Waals surface area contributed by atoms with E-state index in [1.54, 1.807) is 0 Å². The van der Waals surface area contributed by atoms with Crippen LogP contribution < -0.4 is 4.90 Å². The fraction of sp³-hybridized carbons (Fsp3) is 0.0769. The first kappa shape index (κ1) is 9.74. The van der Waals surface area contributed by atoms with Gasteiger partial charge in [-0.2, -0.15) is 0 Å². The van der Waals surface area contributed by atoms with Gasteiger partial charge in [0.2, 0.25) is 0 Å². The van der Waals surface area contributed by atoms with E-state index in [1.807, 2.05) is 65.6 Å². The first-order valence-electron chi connectivity index (χ1n) is 4.90. The van der Waals surface area contributed by atoms with Crippen LogP contribution in [0.4, 0.5) is 11.4 Å². The summed E-state index contributed by atoms with van der Waals surface area (Å²) in [5.74, 6) is 0. The lowest BCUT2D eigenvalue weighted by atomic mass is 10.2. The van der Waals surface area contributed by atoms with Crippen LogP contribution in [-0.2, 0) is 0 Å². The standard InChI is InChI=1S/C13H13NO/c15-11-14(12-7-3-1-4-8-12)13-9-5-2-6-10-13/h1-10,15H,11H2. The molecule has 0 aromatic heterocycles. The van der Waals surface area contributed by atoms with Crippen LogP contribution in [0.25, 0.3) is 0 Å². The number of rotatable bonds is 3. The second-order valence-corrected chi connectivity index (χ2v) is 3.24. The summed E-state index contributed by atoms with van der Waals surface area (Å²) in [5.41, 5.74) is 1.98. The molecule has 0 unspecified atom stereocenters. The number of para-hydroxylation sites is 2. The lowest BCUT2D eigenvalue weighted by Crippen LogP contribution is -2.17. The second kappa shape index (κ2) is 4.62. The molecule has 0 amide bonds. The smallest absolute Gasteiger partial charge is 0.120 e. The van der Waals surface area contributed by atoms with Gasteiger partial charge < -0.3 is 10.0 Å². The fourth-order valence-electron chi connectivity index (χ4n) is 1.53. The van der Waals surface area contributed by atoms with Gasteiger partial charge in [0.1, 0.15) is 6.73 Å². The maximum Gasteiger partial charge on any atom is 0.120 e. The van der Waals surface area contributed by atoms with Gasteiger partial charge in [-0.1, -0.05) is 36.4 Å². The highest BCUT2D eigenvalue weighted by Gasteiger charge is 2.05. The van der Waals surface area contributed by atoms with E-state index in [1.165, 1.54) is 0 Å². The molecule has 2 nitrogen and oxygen atoms in total. The van der Waals surface area contributed by atoms with Gasteiger partial charge in [-0.15, -0.1) is 0 Å². The Labute approximate surface area is 89.4 Å². The molecule has 2 heteroatoms. The number of anilines is 2. The molecule has 1 N–H and O–H groups in total. The first-order valence-corrected chi connectivity index (χ1v) is 4.90. The Kier molecular flexibility index (Phi) is 3.00. The third-order valence-electron chi connectivity index (χ3n) is 2.28. The molecule has 0 fully saturated rings. The molecule has 0 saturated heterocycles.